The van der Waals surface area contributed by atoms with Crippen molar-refractivity contribution in [3.05, 3.63) is 0 Å². The lowest BCUT2D eigenvalue weighted by Crippen LogP contribution is -2.39. The van der Waals surface area contributed by atoms with Gasteiger partial charge in [-0.2, -0.15) is 0 Å². The molecule has 0 saturated carbocycles. The fourth-order valence-corrected chi connectivity index (χ4v) is 3.00. The van der Waals surface area contributed by atoms with Crippen LogP contribution < -0.4 is 4.89 Å². The monoisotopic (exact) mass is 272 g/mol. The standard InChI is InChI=1S/C14H26NO2P/c1-5-6-7-8-9-10-11-12-18(17)14(16)13-15(2,3)4/h1H,6-13H2,2-4H3/p+1. The fourth-order valence-electron chi connectivity index (χ4n) is 1.64. The van der Waals surface area contributed by atoms with Crippen molar-refractivity contribution in [3.8, 4) is 12.3 Å². The molecule has 0 bridgehead atoms. The second kappa shape index (κ2) is 9.53. The molecule has 0 fully saturated rings. The van der Waals surface area contributed by atoms with Crippen LogP contribution in [-0.2, 0) is 0 Å². The lowest BCUT2D eigenvalue weighted by atomic mass is 10.1. The number of hydrogen-bond acceptors (Lipinski definition) is 1. The van der Waals surface area contributed by atoms with E-state index in [1.165, 1.54) is 0 Å². The summed E-state index contributed by atoms with van der Waals surface area (Å²) in [6.07, 6.45) is 12.0. The topological polar surface area (TPSA) is 43.3 Å². The third kappa shape index (κ3) is 10.7. The molecule has 0 aliphatic carbocycles. The molecular formula is C14H27NO2P+. The van der Waals surface area contributed by atoms with Crippen LogP contribution in [0.25, 0.3) is 0 Å². The molecule has 0 aromatic carbocycles. The second-order valence-corrected chi connectivity index (χ2v) is 7.41. The Labute approximate surface area is 113 Å². The van der Waals surface area contributed by atoms with Crippen molar-refractivity contribution in [1.82, 2.24) is 0 Å². The number of terminal acetylenes is 1. The minimum Gasteiger partial charge on any atom is -0.629 e. The summed E-state index contributed by atoms with van der Waals surface area (Å²) in [5.74, 6) is 2.63. The highest BCUT2D eigenvalue weighted by Gasteiger charge is 2.16. The first-order valence-corrected chi connectivity index (χ1v) is 8.04. The Morgan fingerprint density at radius 1 is 1.17 bits per heavy atom. The molecule has 18 heavy (non-hydrogen) atoms. The number of nitrogens with zero attached hydrogens (tertiary/aromatic N) is 1. The van der Waals surface area contributed by atoms with Crippen molar-refractivity contribution in [2.75, 3.05) is 33.8 Å². The smallest absolute Gasteiger partial charge is 0.273 e. The maximum atomic E-state index is 11.8. The third-order valence-electron chi connectivity index (χ3n) is 2.59. The Morgan fingerprint density at radius 2 is 1.72 bits per heavy atom. The quantitative estimate of drug-likeness (QED) is 0.302. The van der Waals surface area contributed by atoms with E-state index in [2.05, 4.69) is 5.92 Å². The zero-order valence-electron chi connectivity index (χ0n) is 12.0. The number of aliphatic hydroxyl groups excluding tert-OH is 1. The first kappa shape index (κ1) is 17.6. The molecule has 4 heteroatoms. The predicted molar refractivity (Wildman–Crippen MR) is 78.2 cm³/mol. The van der Waals surface area contributed by atoms with Crippen molar-refractivity contribution < 1.29 is 14.5 Å². The summed E-state index contributed by atoms with van der Waals surface area (Å²) >= 11 is 0. The maximum absolute atomic E-state index is 11.8. The third-order valence-corrected chi connectivity index (χ3v) is 4.03. The maximum Gasteiger partial charge on any atom is 0.273 e. The van der Waals surface area contributed by atoms with E-state index in [0.717, 1.165) is 38.5 Å². The first-order chi connectivity index (χ1) is 8.37. The molecule has 104 valence electrons. The summed E-state index contributed by atoms with van der Waals surface area (Å²) < 4.78 is 0.610. The zero-order valence-corrected chi connectivity index (χ0v) is 12.9. The Hall–Kier alpha value is -0.390. The van der Waals surface area contributed by atoms with Crippen LogP contribution in [0, 0.1) is 12.3 Å². The molecule has 1 atom stereocenters. The summed E-state index contributed by atoms with van der Waals surface area (Å²) in [5, 5.41) is 9.72. The summed E-state index contributed by atoms with van der Waals surface area (Å²) in [5.41, 5.74) is 0.157. The van der Waals surface area contributed by atoms with Crippen LogP contribution in [0.3, 0.4) is 0 Å². The van der Waals surface area contributed by atoms with Crippen LogP contribution >= 0.6 is 7.77 Å². The molecule has 1 unspecified atom stereocenters. The number of likely N-dealkylation sites (N-methyl/N-ethyl adjacent to an activating group) is 1. The predicted octanol–water partition coefficient (Wildman–Crippen LogP) is 1.93. The van der Waals surface area contributed by atoms with Crippen LogP contribution in [0.1, 0.15) is 38.5 Å². The first-order valence-electron chi connectivity index (χ1n) is 6.60. The highest BCUT2D eigenvalue weighted by Crippen LogP contribution is 2.17. The van der Waals surface area contributed by atoms with Crippen molar-refractivity contribution in [2.24, 2.45) is 0 Å². The lowest BCUT2D eigenvalue weighted by Gasteiger charge is -2.22. The van der Waals surface area contributed by atoms with Gasteiger partial charge in [0.15, 0.2) is 6.54 Å². The molecule has 0 amide bonds. The molecule has 0 aliphatic heterocycles. The minimum atomic E-state index is -1.56. The largest absolute Gasteiger partial charge is 0.629 e. The number of unbranched alkanes of at least 4 members (excludes halogenated alkanes) is 5. The van der Waals surface area contributed by atoms with Gasteiger partial charge in [0, 0.05) is 6.42 Å². The summed E-state index contributed by atoms with van der Waals surface area (Å²) in [6, 6.07) is 0. The minimum absolute atomic E-state index is 0.157. The van der Waals surface area contributed by atoms with Crippen LogP contribution in [-0.4, -0.2) is 48.9 Å². The normalized spacial score (nSPS) is 13.1. The Bertz CT molecular complexity index is 300. The summed E-state index contributed by atoms with van der Waals surface area (Å²) in [4.78, 5) is 11.8. The van der Waals surface area contributed by atoms with Gasteiger partial charge in [-0.3, -0.25) is 0 Å². The van der Waals surface area contributed by atoms with Crippen molar-refractivity contribution in [2.45, 2.75) is 38.5 Å². The van der Waals surface area contributed by atoms with E-state index in [-0.39, 0.29) is 5.48 Å². The average Bonchev–Trinajstić information content (AvgIpc) is 2.25. The van der Waals surface area contributed by atoms with E-state index < -0.39 is 7.77 Å². The number of hydrogen-bond donors (Lipinski definition) is 1. The number of rotatable bonds is 9. The van der Waals surface area contributed by atoms with E-state index in [0.29, 0.717) is 17.2 Å². The van der Waals surface area contributed by atoms with Gasteiger partial charge in [-0.1, -0.05) is 12.8 Å². The van der Waals surface area contributed by atoms with Crippen molar-refractivity contribution >= 4 is 13.3 Å². The second-order valence-electron chi connectivity index (χ2n) is 5.69. The lowest BCUT2D eigenvalue weighted by molar-refractivity contribution is -0.861. The molecule has 0 aliphatic rings. The molecule has 0 radical (unpaired) electrons. The number of aliphatic hydroxyl groups is 1. The highest BCUT2D eigenvalue weighted by molar-refractivity contribution is 7.51. The Kier molecular flexibility index (Phi) is 9.32. The molecule has 0 heterocycles. The van der Waals surface area contributed by atoms with Gasteiger partial charge in [-0.05, 0) is 19.3 Å². The van der Waals surface area contributed by atoms with Crippen molar-refractivity contribution in [3.63, 3.8) is 0 Å². The van der Waals surface area contributed by atoms with Gasteiger partial charge in [0.25, 0.3) is 5.48 Å². The number of quaternary nitrogens is 1. The van der Waals surface area contributed by atoms with Crippen LogP contribution in [0.15, 0.2) is 0 Å². The van der Waals surface area contributed by atoms with E-state index >= 15 is 0 Å². The van der Waals surface area contributed by atoms with Crippen LogP contribution in [0.5, 0.6) is 0 Å². The van der Waals surface area contributed by atoms with Gasteiger partial charge in [0.1, 0.15) is 6.16 Å². The van der Waals surface area contributed by atoms with Crippen molar-refractivity contribution in [1.29, 1.82) is 0 Å². The van der Waals surface area contributed by atoms with Crippen LogP contribution in [0.2, 0.25) is 0 Å². The van der Waals surface area contributed by atoms with Gasteiger partial charge >= 0.3 is 0 Å². The SMILES string of the molecule is C#CCCCCCCC/[P+]([O-])=C(\O)C[N+](C)(C)C. The molecule has 0 spiro atoms. The van der Waals surface area contributed by atoms with E-state index in [1.54, 1.807) is 0 Å². The molecule has 0 aromatic heterocycles. The van der Waals surface area contributed by atoms with E-state index in [1.807, 2.05) is 21.1 Å². The molecule has 0 aromatic rings. The fraction of sp³-hybridized carbons (Fsp3) is 0.786. The molecule has 1 N–H and O–H groups in total. The van der Waals surface area contributed by atoms with E-state index in [4.69, 9.17) is 6.42 Å². The molecule has 3 nitrogen and oxygen atoms in total. The average molecular weight is 272 g/mol. The van der Waals surface area contributed by atoms with E-state index in [9.17, 15) is 10.00 Å². The van der Waals surface area contributed by atoms with Gasteiger partial charge < -0.3 is 14.5 Å². The molecule has 0 rings (SSSR count). The molecular weight excluding hydrogens is 245 g/mol. The summed E-state index contributed by atoms with van der Waals surface area (Å²) in [6.45, 7) is 0.470. The zero-order chi connectivity index (χ0) is 14.0. The van der Waals surface area contributed by atoms with Crippen LogP contribution in [0.4, 0.5) is 0 Å². The highest BCUT2D eigenvalue weighted by atomic mass is 31.1. The Morgan fingerprint density at radius 3 is 2.28 bits per heavy atom. The van der Waals surface area contributed by atoms with Gasteiger partial charge in [0.05, 0.1) is 28.9 Å². The van der Waals surface area contributed by atoms with Gasteiger partial charge in [-0.25, -0.2) is 0 Å². The summed E-state index contributed by atoms with van der Waals surface area (Å²) in [7, 11) is 4.37. The molecule has 0 saturated heterocycles. The van der Waals surface area contributed by atoms with Gasteiger partial charge in [-0.15, -0.1) is 12.3 Å². The Balaban J connectivity index is 3.72. The van der Waals surface area contributed by atoms with Gasteiger partial charge in [0.2, 0.25) is 0 Å².